The maximum Gasteiger partial charge on any atom is 0.0523 e. The number of rotatable bonds is 0. The van der Waals surface area contributed by atoms with E-state index in [2.05, 4.69) is 41.7 Å². The first-order valence-corrected chi connectivity index (χ1v) is 3.98. The Labute approximate surface area is 65.7 Å². The van der Waals surface area contributed by atoms with Crippen LogP contribution in [-0.4, -0.2) is 6.04 Å². The summed E-state index contributed by atoms with van der Waals surface area (Å²) in [6, 6.07) is 9.82. The van der Waals surface area contributed by atoms with Crippen molar-refractivity contribution < 1.29 is 0 Å². The van der Waals surface area contributed by atoms with Crippen LogP contribution in [0.25, 0.3) is 6.08 Å². The zero-order chi connectivity index (χ0) is 7.26. The number of hydrogen-bond acceptors (Lipinski definition) is 1. The fourth-order valence-corrected chi connectivity index (χ4v) is 1.75. The molecular weight excluding hydrogens is 134 g/mol. The van der Waals surface area contributed by atoms with Crippen molar-refractivity contribution in [3.63, 3.8) is 0 Å². The summed E-state index contributed by atoms with van der Waals surface area (Å²) in [4.78, 5) is 0. The maximum atomic E-state index is 3.40. The van der Waals surface area contributed by atoms with Crippen molar-refractivity contribution in [3.05, 3.63) is 41.5 Å². The van der Waals surface area contributed by atoms with Gasteiger partial charge in [-0.05, 0) is 11.1 Å². The van der Waals surface area contributed by atoms with Crippen molar-refractivity contribution in [3.8, 4) is 0 Å². The van der Waals surface area contributed by atoms with Crippen LogP contribution in [0.15, 0.2) is 30.3 Å². The number of nitrogens with one attached hydrogen (secondary N) is 1. The molecule has 1 heterocycles. The Hall–Kier alpha value is -1.08. The number of benzene rings is 1. The van der Waals surface area contributed by atoms with Crippen LogP contribution in [0.5, 0.6) is 0 Å². The first kappa shape index (κ1) is 5.56. The molecule has 1 fully saturated rings. The van der Waals surface area contributed by atoms with Crippen LogP contribution in [-0.2, 0) is 0 Å². The highest BCUT2D eigenvalue weighted by Crippen LogP contribution is 2.37. The third kappa shape index (κ3) is 0.688. The molecule has 1 saturated heterocycles. The van der Waals surface area contributed by atoms with Crippen LogP contribution in [0.1, 0.15) is 17.2 Å². The molecule has 11 heavy (non-hydrogen) atoms. The average molecular weight is 143 g/mol. The lowest BCUT2D eigenvalue weighted by Gasteiger charge is -2.05. The van der Waals surface area contributed by atoms with E-state index in [4.69, 9.17) is 0 Å². The molecule has 0 bridgehead atoms. The Bertz CT molecular complexity index is 327. The lowest BCUT2D eigenvalue weighted by atomic mass is 9.98. The SMILES string of the molecule is C1=CC2NC2c2ccccc21. The third-order valence-electron chi connectivity index (χ3n) is 2.44. The van der Waals surface area contributed by atoms with Gasteiger partial charge in [0.1, 0.15) is 0 Å². The second-order valence-electron chi connectivity index (χ2n) is 3.16. The topological polar surface area (TPSA) is 21.9 Å². The Morgan fingerprint density at radius 3 is 3.09 bits per heavy atom. The molecule has 1 N–H and O–H groups in total. The van der Waals surface area contributed by atoms with Crippen LogP contribution in [0.3, 0.4) is 0 Å². The molecule has 1 aromatic carbocycles. The third-order valence-corrected chi connectivity index (χ3v) is 2.44. The highest BCUT2D eigenvalue weighted by molar-refractivity contribution is 5.61. The van der Waals surface area contributed by atoms with Gasteiger partial charge in [-0.1, -0.05) is 36.4 Å². The van der Waals surface area contributed by atoms with E-state index in [0.29, 0.717) is 12.1 Å². The Morgan fingerprint density at radius 1 is 1.18 bits per heavy atom. The van der Waals surface area contributed by atoms with Gasteiger partial charge in [0, 0.05) is 6.04 Å². The van der Waals surface area contributed by atoms with Crippen molar-refractivity contribution in [1.82, 2.24) is 5.32 Å². The van der Waals surface area contributed by atoms with Crippen LogP contribution >= 0.6 is 0 Å². The molecule has 1 aliphatic heterocycles. The molecule has 1 nitrogen and oxygen atoms in total. The first-order valence-electron chi connectivity index (χ1n) is 3.98. The van der Waals surface area contributed by atoms with E-state index in [0.717, 1.165) is 0 Å². The molecule has 1 aliphatic carbocycles. The monoisotopic (exact) mass is 143 g/mol. The van der Waals surface area contributed by atoms with E-state index in [1.165, 1.54) is 11.1 Å². The summed E-state index contributed by atoms with van der Waals surface area (Å²) >= 11 is 0. The molecule has 0 saturated carbocycles. The fourth-order valence-electron chi connectivity index (χ4n) is 1.75. The number of hydrogen-bond donors (Lipinski definition) is 1. The summed E-state index contributed by atoms with van der Waals surface area (Å²) in [5.41, 5.74) is 2.83. The quantitative estimate of drug-likeness (QED) is 0.549. The van der Waals surface area contributed by atoms with Gasteiger partial charge >= 0.3 is 0 Å². The van der Waals surface area contributed by atoms with Crippen LogP contribution in [0.4, 0.5) is 0 Å². The van der Waals surface area contributed by atoms with Gasteiger partial charge in [-0.2, -0.15) is 0 Å². The van der Waals surface area contributed by atoms with Crippen LogP contribution in [0, 0.1) is 0 Å². The minimum absolute atomic E-state index is 0.621. The molecule has 0 aromatic heterocycles. The van der Waals surface area contributed by atoms with Crippen molar-refractivity contribution >= 4 is 6.08 Å². The summed E-state index contributed by atoms with van der Waals surface area (Å²) in [5.74, 6) is 0. The summed E-state index contributed by atoms with van der Waals surface area (Å²) in [6.07, 6.45) is 4.45. The summed E-state index contributed by atoms with van der Waals surface area (Å²) in [6.45, 7) is 0. The minimum Gasteiger partial charge on any atom is -0.300 e. The van der Waals surface area contributed by atoms with E-state index in [-0.39, 0.29) is 0 Å². The highest BCUT2D eigenvalue weighted by atomic mass is 15.1. The normalized spacial score (nSPS) is 30.9. The van der Waals surface area contributed by atoms with Crippen molar-refractivity contribution in [2.24, 2.45) is 0 Å². The molecular formula is C10H9N. The second-order valence-corrected chi connectivity index (χ2v) is 3.16. The average Bonchev–Trinajstić information content (AvgIpc) is 2.83. The van der Waals surface area contributed by atoms with Gasteiger partial charge in [0.25, 0.3) is 0 Å². The Balaban J connectivity index is 2.24. The van der Waals surface area contributed by atoms with E-state index >= 15 is 0 Å². The minimum atomic E-state index is 0.621. The predicted octanol–water partition coefficient (Wildman–Crippen LogP) is 1.73. The van der Waals surface area contributed by atoms with Gasteiger partial charge in [0.15, 0.2) is 0 Å². The molecule has 1 heteroatoms. The Morgan fingerprint density at radius 2 is 2.09 bits per heavy atom. The van der Waals surface area contributed by atoms with Crippen molar-refractivity contribution in [1.29, 1.82) is 0 Å². The fraction of sp³-hybridized carbons (Fsp3) is 0.200. The molecule has 2 unspecified atom stereocenters. The molecule has 1 aromatic rings. The number of fused-ring (bicyclic) bond motifs is 3. The van der Waals surface area contributed by atoms with Crippen LogP contribution in [0.2, 0.25) is 0 Å². The van der Waals surface area contributed by atoms with Gasteiger partial charge in [0.05, 0.1) is 6.04 Å². The highest BCUT2D eigenvalue weighted by Gasteiger charge is 2.38. The van der Waals surface area contributed by atoms with Gasteiger partial charge in [-0.3, -0.25) is 0 Å². The smallest absolute Gasteiger partial charge is 0.0523 e. The molecule has 3 rings (SSSR count). The van der Waals surface area contributed by atoms with Crippen molar-refractivity contribution in [2.75, 3.05) is 0 Å². The molecule has 0 spiro atoms. The Kier molecular flexibility index (Phi) is 0.880. The zero-order valence-corrected chi connectivity index (χ0v) is 6.12. The van der Waals surface area contributed by atoms with E-state index in [9.17, 15) is 0 Å². The molecule has 2 aliphatic rings. The standard InChI is InChI=1S/C10H9N/c1-2-4-8-7(3-1)5-6-9-10(8)11-9/h1-6,9-11H. The summed E-state index contributed by atoms with van der Waals surface area (Å²) < 4.78 is 0. The maximum absolute atomic E-state index is 3.40. The molecule has 0 amide bonds. The first-order chi connectivity index (χ1) is 5.45. The lowest BCUT2D eigenvalue weighted by molar-refractivity contribution is 1.06. The van der Waals surface area contributed by atoms with Gasteiger partial charge in [-0.25, -0.2) is 0 Å². The van der Waals surface area contributed by atoms with Crippen LogP contribution < -0.4 is 5.32 Å². The molecule has 54 valence electrons. The van der Waals surface area contributed by atoms with E-state index in [1.807, 2.05) is 0 Å². The van der Waals surface area contributed by atoms with E-state index < -0.39 is 0 Å². The van der Waals surface area contributed by atoms with E-state index in [1.54, 1.807) is 0 Å². The predicted molar refractivity (Wildman–Crippen MR) is 45.1 cm³/mol. The second kappa shape index (κ2) is 1.74. The van der Waals surface area contributed by atoms with Gasteiger partial charge in [-0.15, -0.1) is 0 Å². The summed E-state index contributed by atoms with van der Waals surface area (Å²) in [7, 11) is 0. The summed E-state index contributed by atoms with van der Waals surface area (Å²) in [5, 5.41) is 3.40. The van der Waals surface area contributed by atoms with Gasteiger partial charge < -0.3 is 5.32 Å². The zero-order valence-electron chi connectivity index (χ0n) is 6.12. The lowest BCUT2D eigenvalue weighted by Crippen LogP contribution is -1.93. The van der Waals surface area contributed by atoms with Crippen molar-refractivity contribution in [2.45, 2.75) is 12.1 Å². The molecule has 2 atom stereocenters. The van der Waals surface area contributed by atoms with Gasteiger partial charge in [0.2, 0.25) is 0 Å². The largest absolute Gasteiger partial charge is 0.300 e. The molecule has 0 radical (unpaired) electrons.